The van der Waals surface area contributed by atoms with Crippen LogP contribution >= 0.6 is 0 Å². The van der Waals surface area contributed by atoms with E-state index in [0.29, 0.717) is 0 Å². The van der Waals surface area contributed by atoms with E-state index in [4.69, 9.17) is 0 Å². The van der Waals surface area contributed by atoms with Crippen LogP contribution in [0.3, 0.4) is 0 Å². The Labute approximate surface area is 75.5 Å². The summed E-state index contributed by atoms with van der Waals surface area (Å²) in [5.41, 5.74) is 0. The van der Waals surface area contributed by atoms with Crippen LogP contribution in [0, 0.1) is 11.8 Å². The second-order valence-corrected chi connectivity index (χ2v) is 3.34. The van der Waals surface area contributed by atoms with Crippen LogP contribution in [0.25, 0.3) is 0 Å². The van der Waals surface area contributed by atoms with Crippen molar-refractivity contribution in [3.63, 3.8) is 0 Å². The largest absolute Gasteiger partial charge is 0.393 e. The second-order valence-electron chi connectivity index (χ2n) is 3.34. The molecular weight excluding hydrogens is 183 g/mol. The topological polar surface area (TPSA) is 29.1 Å². The number of amides is 1. The van der Waals surface area contributed by atoms with Gasteiger partial charge in [0.15, 0.2) is 0 Å². The summed E-state index contributed by atoms with van der Waals surface area (Å²) >= 11 is 0. The average molecular weight is 197 g/mol. The van der Waals surface area contributed by atoms with Crippen molar-refractivity contribution in [2.75, 3.05) is 6.54 Å². The van der Waals surface area contributed by atoms with Gasteiger partial charge in [0.05, 0.1) is 5.92 Å². The summed E-state index contributed by atoms with van der Waals surface area (Å²) in [6.07, 6.45) is -4.23. The first-order valence-electron chi connectivity index (χ1n) is 4.09. The second kappa shape index (κ2) is 4.48. The molecule has 0 aliphatic rings. The van der Waals surface area contributed by atoms with Gasteiger partial charge in [0.1, 0.15) is 0 Å². The van der Waals surface area contributed by atoms with Crippen molar-refractivity contribution in [3.8, 4) is 0 Å². The molecule has 0 bridgehead atoms. The van der Waals surface area contributed by atoms with Gasteiger partial charge in [-0.05, 0) is 0 Å². The van der Waals surface area contributed by atoms with E-state index in [1.165, 1.54) is 0 Å². The summed E-state index contributed by atoms with van der Waals surface area (Å²) in [5.74, 6) is -2.12. The van der Waals surface area contributed by atoms with Crippen LogP contribution < -0.4 is 5.32 Å². The third-order valence-electron chi connectivity index (χ3n) is 1.67. The molecule has 13 heavy (non-hydrogen) atoms. The lowest BCUT2D eigenvalue weighted by atomic mass is 10.1. The van der Waals surface area contributed by atoms with Crippen LogP contribution in [-0.2, 0) is 4.79 Å². The lowest BCUT2D eigenvalue weighted by molar-refractivity contribution is -0.168. The van der Waals surface area contributed by atoms with Gasteiger partial charge >= 0.3 is 6.18 Å². The minimum absolute atomic E-state index is 0.277. The highest BCUT2D eigenvalue weighted by molar-refractivity contribution is 5.77. The molecular formula is C8H14F3NO. The molecule has 2 nitrogen and oxygen atoms in total. The Morgan fingerprint density at radius 3 is 2.08 bits per heavy atom. The normalized spacial score (nSPS) is 14.4. The van der Waals surface area contributed by atoms with Crippen LogP contribution in [0.4, 0.5) is 13.2 Å². The van der Waals surface area contributed by atoms with Crippen molar-refractivity contribution in [2.45, 2.75) is 26.9 Å². The van der Waals surface area contributed by atoms with Crippen molar-refractivity contribution in [1.82, 2.24) is 5.32 Å². The molecule has 0 aromatic carbocycles. The molecule has 1 N–H and O–H groups in total. The van der Waals surface area contributed by atoms with Crippen molar-refractivity contribution < 1.29 is 18.0 Å². The quantitative estimate of drug-likeness (QED) is 0.736. The fraction of sp³-hybridized carbons (Fsp3) is 0.875. The van der Waals surface area contributed by atoms with Gasteiger partial charge in [0, 0.05) is 12.5 Å². The van der Waals surface area contributed by atoms with Crippen LogP contribution in [0.2, 0.25) is 0 Å². The van der Waals surface area contributed by atoms with Crippen LogP contribution in [-0.4, -0.2) is 18.6 Å². The van der Waals surface area contributed by atoms with Gasteiger partial charge in [-0.15, -0.1) is 0 Å². The maximum atomic E-state index is 11.9. The maximum Gasteiger partial charge on any atom is 0.393 e. The number of alkyl halides is 3. The predicted octanol–water partition coefficient (Wildman–Crippen LogP) is 1.96. The van der Waals surface area contributed by atoms with Crippen molar-refractivity contribution >= 4 is 5.91 Å². The Morgan fingerprint density at radius 1 is 1.31 bits per heavy atom. The molecule has 0 radical (unpaired) electrons. The highest BCUT2D eigenvalue weighted by Gasteiger charge is 2.35. The Bertz CT molecular complexity index is 177. The van der Waals surface area contributed by atoms with Gasteiger partial charge in [-0.2, -0.15) is 13.2 Å². The van der Waals surface area contributed by atoms with Gasteiger partial charge in [-0.3, -0.25) is 4.79 Å². The molecule has 78 valence electrons. The lowest BCUT2D eigenvalue weighted by Crippen LogP contribution is -2.36. The van der Waals surface area contributed by atoms with E-state index >= 15 is 0 Å². The molecule has 5 heteroatoms. The molecule has 0 fully saturated rings. The molecule has 0 spiro atoms. The fourth-order valence-electron chi connectivity index (χ4n) is 0.574. The first-order valence-corrected chi connectivity index (χ1v) is 4.09. The van der Waals surface area contributed by atoms with Crippen LogP contribution in [0.15, 0.2) is 0 Å². The van der Waals surface area contributed by atoms with E-state index in [1.54, 1.807) is 13.8 Å². The van der Waals surface area contributed by atoms with E-state index in [1.807, 2.05) is 0 Å². The van der Waals surface area contributed by atoms with E-state index < -0.39 is 12.1 Å². The average Bonchev–Trinajstić information content (AvgIpc) is 1.97. The number of halogens is 3. The summed E-state index contributed by atoms with van der Waals surface area (Å²) in [7, 11) is 0. The molecule has 0 unspecified atom stereocenters. The van der Waals surface area contributed by atoms with Gasteiger partial charge in [0.2, 0.25) is 5.91 Å². The minimum Gasteiger partial charge on any atom is -0.355 e. The maximum absolute atomic E-state index is 11.9. The Hall–Kier alpha value is -0.740. The molecule has 1 atom stereocenters. The highest BCUT2D eigenvalue weighted by atomic mass is 19.4. The number of nitrogens with one attached hydrogen (secondary N) is 1. The molecule has 0 aromatic heterocycles. The molecule has 0 saturated carbocycles. The third-order valence-corrected chi connectivity index (χ3v) is 1.67. The summed E-state index contributed by atoms with van der Waals surface area (Å²) in [6, 6.07) is 0. The van der Waals surface area contributed by atoms with Gasteiger partial charge in [-0.1, -0.05) is 20.8 Å². The lowest BCUT2D eigenvalue weighted by Gasteiger charge is -2.16. The Balaban J connectivity index is 3.84. The number of hydrogen-bond acceptors (Lipinski definition) is 1. The minimum atomic E-state index is -4.23. The summed E-state index contributed by atoms with van der Waals surface area (Å²) in [4.78, 5) is 10.9. The summed E-state index contributed by atoms with van der Waals surface area (Å²) < 4.78 is 35.8. The Morgan fingerprint density at radius 2 is 1.77 bits per heavy atom. The van der Waals surface area contributed by atoms with Gasteiger partial charge < -0.3 is 5.32 Å². The van der Waals surface area contributed by atoms with Crippen molar-refractivity contribution in [2.24, 2.45) is 11.8 Å². The van der Waals surface area contributed by atoms with E-state index in [0.717, 1.165) is 6.92 Å². The monoisotopic (exact) mass is 197 g/mol. The summed E-state index contributed by atoms with van der Waals surface area (Å²) in [5, 5.41) is 2.23. The Kier molecular flexibility index (Phi) is 4.23. The predicted molar refractivity (Wildman–Crippen MR) is 43.1 cm³/mol. The number of rotatable bonds is 3. The molecule has 0 heterocycles. The molecule has 1 amide bonds. The standard InChI is InChI=1S/C8H14F3NO/c1-5(2)7(13)12-4-6(3)8(9,10)11/h5-6H,4H2,1-3H3,(H,12,13)/t6-/m1/s1. The van der Waals surface area contributed by atoms with Gasteiger partial charge in [-0.25, -0.2) is 0 Å². The fourth-order valence-corrected chi connectivity index (χ4v) is 0.574. The van der Waals surface area contributed by atoms with Crippen molar-refractivity contribution in [1.29, 1.82) is 0 Å². The smallest absolute Gasteiger partial charge is 0.355 e. The molecule has 0 aromatic rings. The number of carbonyl (C=O) groups excluding carboxylic acids is 1. The SMILES string of the molecule is CC(C)C(=O)NC[C@@H](C)C(F)(F)F. The highest BCUT2D eigenvalue weighted by Crippen LogP contribution is 2.24. The van der Waals surface area contributed by atoms with Crippen molar-refractivity contribution in [3.05, 3.63) is 0 Å². The summed E-state index contributed by atoms with van der Waals surface area (Å²) in [6.45, 7) is 3.96. The van der Waals surface area contributed by atoms with Crippen LogP contribution in [0.1, 0.15) is 20.8 Å². The van der Waals surface area contributed by atoms with Gasteiger partial charge in [0.25, 0.3) is 0 Å². The first-order chi connectivity index (χ1) is 5.75. The number of carbonyl (C=O) groups is 1. The number of hydrogen-bond donors (Lipinski definition) is 1. The molecule has 0 aliphatic carbocycles. The molecule has 0 rings (SSSR count). The molecule has 0 saturated heterocycles. The zero-order chi connectivity index (χ0) is 10.6. The molecule has 0 aliphatic heterocycles. The third kappa shape index (κ3) is 4.75. The zero-order valence-corrected chi connectivity index (χ0v) is 7.90. The van der Waals surface area contributed by atoms with E-state index in [2.05, 4.69) is 5.32 Å². The van der Waals surface area contributed by atoms with Crippen LogP contribution in [0.5, 0.6) is 0 Å². The first kappa shape index (κ1) is 12.3. The van der Waals surface area contributed by atoms with E-state index in [9.17, 15) is 18.0 Å². The van der Waals surface area contributed by atoms with E-state index in [-0.39, 0.29) is 18.4 Å². The zero-order valence-electron chi connectivity index (χ0n) is 7.90.